The van der Waals surface area contributed by atoms with Crippen molar-refractivity contribution in [3.8, 4) is 0 Å². The molecule has 3 nitrogen and oxygen atoms in total. The molecule has 0 aromatic carbocycles. The van der Waals surface area contributed by atoms with Crippen LogP contribution in [-0.2, 0) is 0 Å². The number of nitrogens with one attached hydrogen (secondary N) is 1. The highest BCUT2D eigenvalue weighted by Crippen LogP contribution is 2.28. The summed E-state index contributed by atoms with van der Waals surface area (Å²) >= 11 is 0. The Balaban J connectivity index is 2.10. The zero-order chi connectivity index (χ0) is 11.8. The number of hydrogen-bond donors (Lipinski definition) is 1. The van der Waals surface area contributed by atoms with Gasteiger partial charge in [0.25, 0.3) is 0 Å². The highest BCUT2D eigenvalue weighted by atomic mass is 15.0. The van der Waals surface area contributed by atoms with Gasteiger partial charge in [-0.2, -0.15) is 0 Å². The van der Waals surface area contributed by atoms with Gasteiger partial charge in [0.1, 0.15) is 5.65 Å². The molecule has 0 bridgehead atoms. The third-order valence-electron chi connectivity index (χ3n) is 3.85. The molecule has 1 fully saturated rings. The Bertz CT molecular complexity index is 536. The van der Waals surface area contributed by atoms with E-state index in [1.807, 2.05) is 0 Å². The fourth-order valence-electron chi connectivity index (χ4n) is 2.82. The summed E-state index contributed by atoms with van der Waals surface area (Å²) < 4.78 is 2.23. The molecule has 0 amide bonds. The number of pyridine rings is 1. The van der Waals surface area contributed by atoms with Crippen LogP contribution in [0.2, 0.25) is 0 Å². The van der Waals surface area contributed by atoms with Crippen molar-refractivity contribution < 1.29 is 0 Å². The van der Waals surface area contributed by atoms with Gasteiger partial charge in [-0.15, -0.1) is 0 Å². The lowest BCUT2D eigenvalue weighted by molar-refractivity contribution is 0.453. The van der Waals surface area contributed by atoms with Crippen LogP contribution in [0.1, 0.15) is 35.7 Å². The second-order valence-electron chi connectivity index (χ2n) is 4.99. The van der Waals surface area contributed by atoms with Crippen LogP contribution in [0.5, 0.6) is 0 Å². The van der Waals surface area contributed by atoms with E-state index in [1.165, 1.54) is 29.8 Å². The smallest absolute Gasteiger partial charge is 0.140 e. The molecule has 1 aliphatic heterocycles. The second-order valence-corrected chi connectivity index (χ2v) is 4.99. The summed E-state index contributed by atoms with van der Waals surface area (Å²) in [4.78, 5) is 4.87. The van der Waals surface area contributed by atoms with Crippen LogP contribution in [0.15, 0.2) is 18.3 Å². The van der Waals surface area contributed by atoms with Gasteiger partial charge in [-0.3, -0.25) is 0 Å². The summed E-state index contributed by atoms with van der Waals surface area (Å²) in [6, 6.07) is 4.23. The lowest BCUT2D eigenvalue weighted by Crippen LogP contribution is -2.27. The number of hydrogen-bond acceptors (Lipinski definition) is 2. The van der Waals surface area contributed by atoms with Crippen molar-refractivity contribution in [2.24, 2.45) is 0 Å². The van der Waals surface area contributed by atoms with E-state index in [9.17, 15) is 0 Å². The zero-order valence-electron chi connectivity index (χ0n) is 10.5. The molecule has 0 aliphatic carbocycles. The normalized spacial score (nSPS) is 17.8. The van der Waals surface area contributed by atoms with Gasteiger partial charge >= 0.3 is 0 Å². The van der Waals surface area contributed by atoms with E-state index in [4.69, 9.17) is 4.98 Å². The fraction of sp³-hybridized carbons (Fsp3) is 0.500. The van der Waals surface area contributed by atoms with Gasteiger partial charge in [0.05, 0.1) is 5.69 Å². The summed E-state index contributed by atoms with van der Waals surface area (Å²) in [5.74, 6) is 0.635. The second kappa shape index (κ2) is 4.15. The van der Waals surface area contributed by atoms with Gasteiger partial charge in [0, 0.05) is 17.8 Å². The number of imidazole rings is 1. The predicted octanol–water partition coefficient (Wildman–Crippen LogP) is 2.42. The van der Waals surface area contributed by atoms with Gasteiger partial charge < -0.3 is 9.72 Å². The summed E-state index contributed by atoms with van der Waals surface area (Å²) in [5, 5.41) is 3.41. The quantitative estimate of drug-likeness (QED) is 0.813. The maximum absolute atomic E-state index is 4.87. The Morgan fingerprint density at radius 2 is 2.06 bits per heavy atom. The number of aromatic nitrogens is 2. The summed E-state index contributed by atoms with van der Waals surface area (Å²) in [6.45, 7) is 6.57. The third-order valence-corrected chi connectivity index (χ3v) is 3.85. The van der Waals surface area contributed by atoms with Crippen molar-refractivity contribution in [1.29, 1.82) is 0 Å². The Morgan fingerprint density at radius 1 is 1.29 bits per heavy atom. The molecule has 0 atom stereocenters. The van der Waals surface area contributed by atoms with Gasteiger partial charge in [-0.1, -0.05) is 6.07 Å². The maximum atomic E-state index is 4.87. The molecule has 3 rings (SSSR count). The Hall–Kier alpha value is -1.35. The highest BCUT2D eigenvalue weighted by molar-refractivity contribution is 5.50. The molecule has 0 spiro atoms. The average Bonchev–Trinajstić information content (AvgIpc) is 2.70. The van der Waals surface area contributed by atoms with E-state index >= 15 is 0 Å². The van der Waals surface area contributed by atoms with Crippen LogP contribution in [0.3, 0.4) is 0 Å². The minimum absolute atomic E-state index is 0.635. The van der Waals surface area contributed by atoms with Gasteiger partial charge in [-0.25, -0.2) is 4.98 Å². The molecular formula is C14H19N3. The van der Waals surface area contributed by atoms with Crippen molar-refractivity contribution in [3.63, 3.8) is 0 Å². The molecule has 1 N–H and O–H groups in total. The number of fused-ring (bicyclic) bond motifs is 1. The van der Waals surface area contributed by atoms with E-state index in [0.717, 1.165) is 18.7 Å². The monoisotopic (exact) mass is 229 g/mol. The zero-order valence-corrected chi connectivity index (χ0v) is 10.5. The number of nitrogens with zero attached hydrogens (tertiary/aromatic N) is 2. The van der Waals surface area contributed by atoms with Gasteiger partial charge in [0.15, 0.2) is 0 Å². The molecular weight excluding hydrogens is 210 g/mol. The van der Waals surface area contributed by atoms with Crippen molar-refractivity contribution in [1.82, 2.24) is 14.7 Å². The van der Waals surface area contributed by atoms with E-state index in [0.29, 0.717) is 5.92 Å². The first-order valence-electron chi connectivity index (χ1n) is 6.42. The van der Waals surface area contributed by atoms with Crippen LogP contribution < -0.4 is 5.32 Å². The van der Waals surface area contributed by atoms with Crippen LogP contribution >= 0.6 is 0 Å². The minimum atomic E-state index is 0.635. The van der Waals surface area contributed by atoms with Crippen molar-refractivity contribution in [2.45, 2.75) is 32.6 Å². The fourth-order valence-corrected chi connectivity index (χ4v) is 2.82. The molecule has 1 saturated heterocycles. The predicted molar refractivity (Wildman–Crippen MR) is 69.5 cm³/mol. The molecule has 2 aromatic rings. The SMILES string of the molecule is Cc1cccn2c(C)c(C3CCNCC3)nc12. The lowest BCUT2D eigenvalue weighted by atomic mass is 9.94. The molecule has 2 aromatic heterocycles. The van der Waals surface area contributed by atoms with E-state index in [2.05, 4.69) is 41.9 Å². The molecule has 90 valence electrons. The van der Waals surface area contributed by atoms with Crippen molar-refractivity contribution >= 4 is 5.65 Å². The average molecular weight is 229 g/mol. The summed E-state index contributed by atoms with van der Waals surface area (Å²) in [6.07, 6.45) is 4.54. The lowest BCUT2D eigenvalue weighted by Gasteiger charge is -2.21. The maximum Gasteiger partial charge on any atom is 0.140 e. The van der Waals surface area contributed by atoms with Gasteiger partial charge in [-0.05, 0) is 51.4 Å². The molecule has 3 heterocycles. The van der Waals surface area contributed by atoms with Crippen LogP contribution in [0, 0.1) is 13.8 Å². The van der Waals surface area contributed by atoms with Crippen LogP contribution in [-0.4, -0.2) is 22.5 Å². The van der Waals surface area contributed by atoms with Gasteiger partial charge in [0.2, 0.25) is 0 Å². The first kappa shape index (κ1) is 10.8. The number of rotatable bonds is 1. The minimum Gasteiger partial charge on any atom is -0.317 e. The highest BCUT2D eigenvalue weighted by Gasteiger charge is 2.21. The standard InChI is InChI=1S/C14H19N3/c1-10-4-3-9-17-11(2)13(16-14(10)17)12-5-7-15-8-6-12/h3-4,9,12,15H,5-8H2,1-2H3. The van der Waals surface area contributed by atoms with Crippen LogP contribution in [0.25, 0.3) is 5.65 Å². The molecule has 0 radical (unpaired) electrons. The van der Waals surface area contributed by atoms with E-state index < -0.39 is 0 Å². The van der Waals surface area contributed by atoms with E-state index in [1.54, 1.807) is 0 Å². The summed E-state index contributed by atoms with van der Waals surface area (Å²) in [5.41, 5.74) is 5.01. The molecule has 1 aliphatic rings. The first-order valence-corrected chi connectivity index (χ1v) is 6.42. The Labute approximate surface area is 102 Å². The molecule has 17 heavy (non-hydrogen) atoms. The van der Waals surface area contributed by atoms with Crippen LogP contribution in [0.4, 0.5) is 0 Å². The van der Waals surface area contributed by atoms with Crippen molar-refractivity contribution in [2.75, 3.05) is 13.1 Å². The third kappa shape index (κ3) is 1.75. The van der Waals surface area contributed by atoms with E-state index in [-0.39, 0.29) is 0 Å². The molecule has 0 saturated carbocycles. The largest absolute Gasteiger partial charge is 0.317 e. The topological polar surface area (TPSA) is 29.3 Å². The first-order chi connectivity index (χ1) is 8.27. The Morgan fingerprint density at radius 3 is 2.76 bits per heavy atom. The molecule has 3 heteroatoms. The van der Waals surface area contributed by atoms with Crippen molar-refractivity contribution in [3.05, 3.63) is 35.3 Å². The summed E-state index contributed by atoms with van der Waals surface area (Å²) in [7, 11) is 0. The number of aryl methyl sites for hydroxylation is 2. The molecule has 0 unspecified atom stereocenters. The Kier molecular flexibility index (Phi) is 2.63. The number of piperidine rings is 1.